The molecule has 10 heteroatoms. The van der Waals surface area contributed by atoms with Crippen molar-refractivity contribution in [1.29, 1.82) is 0 Å². The smallest absolute Gasteiger partial charge is 0.347 e. The van der Waals surface area contributed by atoms with Gasteiger partial charge in [-0.1, -0.05) is 30.3 Å². The molecule has 1 aromatic carbocycles. The fourth-order valence-electron chi connectivity index (χ4n) is 2.96. The summed E-state index contributed by atoms with van der Waals surface area (Å²) in [5.74, 6) is 0.291. The third-order valence-electron chi connectivity index (χ3n) is 4.57. The Labute approximate surface area is 150 Å². The highest BCUT2D eigenvalue weighted by molar-refractivity contribution is 7.54. The molecule has 2 aliphatic heterocycles. The minimum atomic E-state index is -3.09. The number of hydrogen-bond donors (Lipinski definition) is 0. The maximum Gasteiger partial charge on any atom is 0.347 e. The van der Waals surface area contributed by atoms with Gasteiger partial charge in [0.1, 0.15) is 6.20 Å². The molecule has 0 bridgehead atoms. The van der Waals surface area contributed by atoms with E-state index in [2.05, 4.69) is 4.98 Å². The van der Waals surface area contributed by atoms with Crippen LogP contribution in [0.4, 0.5) is 5.82 Å². The molecule has 138 valence electrons. The summed E-state index contributed by atoms with van der Waals surface area (Å²) in [5.41, 5.74) is 0.992. The molecule has 1 atom stereocenters. The third kappa shape index (κ3) is 3.31. The minimum absolute atomic E-state index is 0.116. The predicted octanol–water partition coefficient (Wildman–Crippen LogP) is 2.37. The first-order valence-corrected chi connectivity index (χ1v) is 10.0. The first-order valence-electron chi connectivity index (χ1n) is 8.48. The molecule has 4 rings (SSSR count). The Kier molecular flexibility index (Phi) is 4.40. The second-order valence-corrected chi connectivity index (χ2v) is 8.80. The predicted molar refractivity (Wildman–Crippen MR) is 94.6 cm³/mol. The largest absolute Gasteiger partial charge is 0.358 e. The van der Waals surface area contributed by atoms with Gasteiger partial charge in [-0.3, -0.25) is 9.09 Å². The van der Waals surface area contributed by atoms with E-state index in [1.54, 1.807) is 7.05 Å². The molecular weight excluding hydrogens is 357 g/mol. The lowest BCUT2D eigenvalue weighted by atomic mass is 10.1. The van der Waals surface area contributed by atoms with Crippen molar-refractivity contribution in [2.75, 3.05) is 26.2 Å². The molecule has 0 saturated carbocycles. The van der Waals surface area contributed by atoms with Crippen LogP contribution < -0.4 is 0 Å². The van der Waals surface area contributed by atoms with Crippen LogP contribution in [-0.2, 0) is 22.6 Å². The molecule has 2 aliphatic rings. The number of aromatic nitrogens is 2. The van der Waals surface area contributed by atoms with E-state index in [0.717, 1.165) is 31.7 Å². The molecule has 26 heavy (non-hydrogen) atoms. The summed E-state index contributed by atoms with van der Waals surface area (Å²) in [5, 5.41) is 11.2. The van der Waals surface area contributed by atoms with Crippen molar-refractivity contribution in [3.63, 3.8) is 0 Å². The number of nitro groups is 1. The van der Waals surface area contributed by atoms with Gasteiger partial charge in [0.2, 0.25) is 5.82 Å². The maximum atomic E-state index is 13.4. The van der Waals surface area contributed by atoms with E-state index in [1.807, 2.05) is 39.7 Å². The van der Waals surface area contributed by atoms with Crippen molar-refractivity contribution < 1.29 is 14.0 Å². The lowest BCUT2D eigenvalue weighted by molar-refractivity contribution is -0.391. The van der Waals surface area contributed by atoms with Gasteiger partial charge in [-0.2, -0.15) is 0 Å². The van der Waals surface area contributed by atoms with Crippen molar-refractivity contribution in [2.45, 2.75) is 12.5 Å². The summed E-state index contributed by atoms with van der Waals surface area (Å²) in [4.78, 5) is 14.9. The molecule has 9 nitrogen and oxygen atoms in total. The molecule has 0 spiro atoms. The standard InChI is InChI=1S/C16H20N5O4P/c1-18-15(21(22)23)12-17-16(18)14(11-13-5-3-2-4-6-13)25-26(24,19-7-8-19)20-9-10-20/h2-6,12,14H,7-11H2,1H3. The van der Waals surface area contributed by atoms with E-state index in [1.165, 1.54) is 10.8 Å². The zero-order valence-electron chi connectivity index (χ0n) is 14.4. The first-order chi connectivity index (χ1) is 12.5. The number of benzene rings is 1. The molecule has 2 fully saturated rings. The second-order valence-electron chi connectivity index (χ2n) is 6.47. The summed E-state index contributed by atoms with van der Waals surface area (Å²) in [6.45, 7) is 2.97. The molecule has 0 aliphatic carbocycles. The number of imidazole rings is 1. The lowest BCUT2D eigenvalue weighted by Crippen LogP contribution is -2.17. The fraction of sp³-hybridized carbons (Fsp3) is 0.438. The second kappa shape index (κ2) is 6.59. The Morgan fingerprint density at radius 1 is 1.23 bits per heavy atom. The lowest BCUT2D eigenvalue weighted by Gasteiger charge is -2.24. The normalized spacial score (nSPS) is 18.7. The SMILES string of the molecule is Cn1c([N+](=O)[O-])cnc1C(Cc1ccccc1)OP(=O)(N1CC1)N1CC1. The van der Waals surface area contributed by atoms with Gasteiger partial charge in [-0.05, 0) is 10.5 Å². The van der Waals surface area contributed by atoms with Gasteiger partial charge in [0.25, 0.3) is 0 Å². The fourth-order valence-corrected chi connectivity index (χ4v) is 5.27. The molecule has 1 unspecified atom stereocenters. The third-order valence-corrected chi connectivity index (χ3v) is 7.32. The van der Waals surface area contributed by atoms with Crippen molar-refractivity contribution in [2.24, 2.45) is 7.05 Å². The van der Waals surface area contributed by atoms with Crippen LogP contribution in [0, 0.1) is 10.1 Å². The van der Waals surface area contributed by atoms with Crippen LogP contribution in [0.1, 0.15) is 17.5 Å². The average molecular weight is 377 g/mol. The zero-order chi connectivity index (χ0) is 18.3. The van der Waals surface area contributed by atoms with E-state index in [0.29, 0.717) is 12.2 Å². The Hall–Kier alpha value is -2.06. The molecule has 0 amide bonds. The van der Waals surface area contributed by atoms with Crippen molar-refractivity contribution in [3.05, 3.63) is 58.0 Å². The number of hydrogen-bond acceptors (Lipinski definition) is 5. The quantitative estimate of drug-likeness (QED) is 0.302. The maximum absolute atomic E-state index is 13.4. The van der Waals surface area contributed by atoms with Gasteiger partial charge in [-0.25, -0.2) is 18.9 Å². The van der Waals surface area contributed by atoms with E-state index in [-0.39, 0.29) is 5.82 Å². The summed E-state index contributed by atoms with van der Waals surface area (Å²) >= 11 is 0. The number of rotatable bonds is 8. The monoisotopic (exact) mass is 377 g/mol. The van der Waals surface area contributed by atoms with Crippen LogP contribution in [0.5, 0.6) is 0 Å². The molecule has 2 aromatic rings. The van der Waals surface area contributed by atoms with Gasteiger partial charge in [0.05, 0.1) is 7.05 Å². The van der Waals surface area contributed by atoms with Crippen LogP contribution in [0.3, 0.4) is 0 Å². The summed E-state index contributed by atoms with van der Waals surface area (Å²) < 4.78 is 24.6. The molecule has 1 aromatic heterocycles. The van der Waals surface area contributed by atoms with E-state index >= 15 is 0 Å². The Morgan fingerprint density at radius 3 is 2.35 bits per heavy atom. The van der Waals surface area contributed by atoms with Crippen molar-refractivity contribution >= 4 is 13.5 Å². The molecule has 0 radical (unpaired) electrons. The molecule has 0 N–H and O–H groups in total. The van der Waals surface area contributed by atoms with Crippen LogP contribution in [0.15, 0.2) is 36.5 Å². The molecule has 3 heterocycles. The van der Waals surface area contributed by atoms with Crippen molar-refractivity contribution in [1.82, 2.24) is 18.9 Å². The topological polar surface area (TPSA) is 93.3 Å². The Balaban J connectivity index is 1.67. The van der Waals surface area contributed by atoms with Crippen LogP contribution in [-0.4, -0.2) is 50.0 Å². The van der Waals surface area contributed by atoms with E-state index < -0.39 is 18.7 Å². The van der Waals surface area contributed by atoms with Crippen molar-refractivity contribution in [3.8, 4) is 0 Å². The van der Waals surface area contributed by atoms with Gasteiger partial charge in [0, 0.05) is 32.6 Å². The zero-order valence-corrected chi connectivity index (χ0v) is 15.3. The highest BCUT2D eigenvalue weighted by Crippen LogP contribution is 2.63. The summed E-state index contributed by atoms with van der Waals surface area (Å²) in [6, 6.07) is 9.66. The van der Waals surface area contributed by atoms with Crippen LogP contribution >= 0.6 is 7.67 Å². The molecular formula is C16H20N5O4P. The van der Waals surface area contributed by atoms with Gasteiger partial charge < -0.3 is 10.1 Å². The van der Waals surface area contributed by atoms with Gasteiger partial charge >= 0.3 is 13.5 Å². The average Bonchev–Trinajstić information content (AvgIpc) is 3.52. The summed E-state index contributed by atoms with van der Waals surface area (Å²) in [6.07, 6.45) is 1.02. The molecule has 2 saturated heterocycles. The Bertz CT molecular complexity index is 847. The highest BCUT2D eigenvalue weighted by Gasteiger charge is 2.51. The Morgan fingerprint density at radius 2 is 1.85 bits per heavy atom. The van der Waals surface area contributed by atoms with Crippen LogP contribution in [0.25, 0.3) is 0 Å². The van der Waals surface area contributed by atoms with Crippen LogP contribution in [0.2, 0.25) is 0 Å². The first kappa shape index (κ1) is 17.4. The minimum Gasteiger partial charge on any atom is -0.358 e. The van der Waals surface area contributed by atoms with Gasteiger partial charge in [0.15, 0.2) is 6.10 Å². The highest BCUT2D eigenvalue weighted by atomic mass is 31.2. The van der Waals surface area contributed by atoms with E-state index in [9.17, 15) is 14.7 Å². The van der Waals surface area contributed by atoms with E-state index in [4.69, 9.17) is 4.52 Å². The summed E-state index contributed by atoms with van der Waals surface area (Å²) in [7, 11) is -1.51. The van der Waals surface area contributed by atoms with Gasteiger partial charge in [-0.15, -0.1) is 0 Å². The number of nitrogens with zero attached hydrogens (tertiary/aromatic N) is 5.